The molecule has 1 fully saturated rings. The van der Waals surface area contributed by atoms with Crippen LogP contribution in [0.15, 0.2) is 24.3 Å². The van der Waals surface area contributed by atoms with Crippen LogP contribution in [0.5, 0.6) is 5.75 Å². The number of β-amino-alcohol motifs (C(OH)–C–C–N with tert-alkyl or cyclic N) is 1. The highest BCUT2D eigenvalue weighted by molar-refractivity contribution is 5.76. The molecule has 0 unspecified atom stereocenters. The Kier molecular flexibility index (Phi) is 5.80. The molecule has 1 saturated heterocycles. The molecule has 0 aromatic heterocycles. The summed E-state index contributed by atoms with van der Waals surface area (Å²) in [6, 6.07) is 7.86. The quantitative estimate of drug-likeness (QED) is 0.832. The molecule has 0 aliphatic carbocycles. The molecule has 1 aromatic carbocycles. The van der Waals surface area contributed by atoms with Gasteiger partial charge in [0.1, 0.15) is 11.4 Å². The van der Waals surface area contributed by atoms with Crippen molar-refractivity contribution in [2.45, 2.75) is 37.7 Å². The van der Waals surface area contributed by atoms with Crippen molar-refractivity contribution in [1.82, 2.24) is 4.90 Å². The molecule has 1 aliphatic heterocycles. The third kappa shape index (κ3) is 4.45. The summed E-state index contributed by atoms with van der Waals surface area (Å²) in [5.74, 6) is 0.886. The van der Waals surface area contributed by atoms with E-state index in [2.05, 4.69) is 0 Å². The minimum atomic E-state index is -1.12. The Labute approximate surface area is 131 Å². The van der Waals surface area contributed by atoms with Crippen LogP contribution >= 0.6 is 0 Å². The fraction of sp³-hybridized carbons (Fsp3) is 0.588. The number of aliphatic hydroxyl groups excluding tert-OH is 1. The van der Waals surface area contributed by atoms with E-state index in [4.69, 9.17) is 4.74 Å². The van der Waals surface area contributed by atoms with Gasteiger partial charge in [-0.1, -0.05) is 12.1 Å². The highest BCUT2D eigenvalue weighted by atomic mass is 16.5. The van der Waals surface area contributed by atoms with Crippen LogP contribution in [0.1, 0.15) is 31.2 Å². The Morgan fingerprint density at radius 1 is 1.36 bits per heavy atom. The molecular weight excluding hydrogens is 282 g/mol. The molecule has 5 nitrogen and oxygen atoms in total. The van der Waals surface area contributed by atoms with Crippen LogP contribution < -0.4 is 4.74 Å². The Bertz CT molecular complexity index is 488. The van der Waals surface area contributed by atoms with E-state index in [1.165, 1.54) is 5.56 Å². The van der Waals surface area contributed by atoms with Gasteiger partial charge in [0.2, 0.25) is 5.91 Å². The maximum absolute atomic E-state index is 12.2. The van der Waals surface area contributed by atoms with Gasteiger partial charge in [-0.15, -0.1) is 0 Å². The average molecular weight is 307 g/mol. The number of methoxy groups -OCH3 is 1. The van der Waals surface area contributed by atoms with Gasteiger partial charge in [0.05, 0.1) is 20.3 Å². The monoisotopic (exact) mass is 307 g/mol. The van der Waals surface area contributed by atoms with E-state index in [1.54, 1.807) is 12.0 Å². The first-order chi connectivity index (χ1) is 10.6. The van der Waals surface area contributed by atoms with E-state index in [1.807, 2.05) is 24.3 Å². The topological polar surface area (TPSA) is 70.0 Å². The summed E-state index contributed by atoms with van der Waals surface area (Å²) in [5.41, 5.74) is 0.0586. The van der Waals surface area contributed by atoms with Crippen molar-refractivity contribution < 1.29 is 19.7 Å². The minimum Gasteiger partial charge on any atom is -0.497 e. The summed E-state index contributed by atoms with van der Waals surface area (Å²) in [4.78, 5) is 13.9. The van der Waals surface area contributed by atoms with Crippen LogP contribution in [-0.2, 0) is 11.2 Å². The first kappa shape index (κ1) is 16.8. The maximum atomic E-state index is 12.2. The van der Waals surface area contributed by atoms with Gasteiger partial charge in [-0.05, 0) is 43.4 Å². The number of likely N-dealkylation sites (tertiary alicyclic amines) is 1. The second-order valence-corrected chi connectivity index (χ2v) is 6.00. The van der Waals surface area contributed by atoms with Gasteiger partial charge in [0, 0.05) is 13.0 Å². The van der Waals surface area contributed by atoms with Crippen molar-refractivity contribution in [1.29, 1.82) is 0 Å². The average Bonchev–Trinajstić information content (AvgIpc) is 2.55. The molecule has 1 aliphatic rings. The maximum Gasteiger partial charge on any atom is 0.222 e. The molecule has 0 bridgehead atoms. The smallest absolute Gasteiger partial charge is 0.222 e. The third-order valence-electron chi connectivity index (χ3n) is 4.22. The Morgan fingerprint density at radius 2 is 2.09 bits per heavy atom. The highest BCUT2D eigenvalue weighted by Gasteiger charge is 2.34. The summed E-state index contributed by atoms with van der Waals surface area (Å²) in [5, 5.41) is 19.3. The first-order valence-corrected chi connectivity index (χ1v) is 7.80. The standard InChI is InChI=1S/C17H25NO4/c1-22-15-8-6-14(7-9-15)4-2-5-16(20)18-11-3-10-17(21,12-18)13-19/h6-9,19,21H,2-5,10-13H2,1H3/t17-/m1/s1. The van der Waals surface area contributed by atoms with Crippen LogP contribution in [0, 0.1) is 0 Å². The predicted molar refractivity (Wildman–Crippen MR) is 83.8 cm³/mol. The van der Waals surface area contributed by atoms with Gasteiger partial charge in [-0.2, -0.15) is 0 Å². The lowest BCUT2D eigenvalue weighted by Crippen LogP contribution is -2.52. The van der Waals surface area contributed by atoms with Crippen molar-refractivity contribution in [3.8, 4) is 5.75 Å². The van der Waals surface area contributed by atoms with Gasteiger partial charge in [0.25, 0.3) is 0 Å². The van der Waals surface area contributed by atoms with E-state index in [0.717, 1.165) is 25.0 Å². The van der Waals surface area contributed by atoms with Gasteiger partial charge in [-0.3, -0.25) is 4.79 Å². The molecule has 22 heavy (non-hydrogen) atoms. The molecule has 2 N–H and O–H groups in total. The number of rotatable bonds is 6. The number of amides is 1. The van der Waals surface area contributed by atoms with Gasteiger partial charge < -0.3 is 19.8 Å². The minimum absolute atomic E-state index is 0.0556. The number of ether oxygens (including phenoxy) is 1. The first-order valence-electron chi connectivity index (χ1n) is 7.80. The zero-order chi connectivity index (χ0) is 16.0. The lowest BCUT2D eigenvalue weighted by atomic mass is 9.93. The second-order valence-electron chi connectivity index (χ2n) is 6.00. The number of benzene rings is 1. The number of hydrogen-bond donors (Lipinski definition) is 2. The van der Waals surface area contributed by atoms with E-state index >= 15 is 0 Å². The second kappa shape index (κ2) is 7.61. The van der Waals surface area contributed by atoms with Crippen LogP contribution in [0.3, 0.4) is 0 Å². The molecule has 5 heteroatoms. The number of aliphatic hydroxyl groups is 2. The molecule has 0 spiro atoms. The molecule has 0 saturated carbocycles. The Hall–Kier alpha value is -1.59. The SMILES string of the molecule is COc1ccc(CCCC(=O)N2CCC[C@](O)(CO)C2)cc1. The van der Waals surface area contributed by atoms with Crippen molar-refractivity contribution in [2.24, 2.45) is 0 Å². The molecule has 1 heterocycles. The summed E-state index contributed by atoms with van der Waals surface area (Å²) in [6.07, 6.45) is 3.38. The van der Waals surface area contributed by atoms with Crippen LogP contribution in [0.4, 0.5) is 0 Å². The fourth-order valence-corrected chi connectivity index (χ4v) is 2.85. The van der Waals surface area contributed by atoms with Gasteiger partial charge in [-0.25, -0.2) is 0 Å². The summed E-state index contributed by atoms with van der Waals surface area (Å²) < 4.78 is 5.12. The summed E-state index contributed by atoms with van der Waals surface area (Å²) in [7, 11) is 1.64. The van der Waals surface area contributed by atoms with Gasteiger partial charge >= 0.3 is 0 Å². The number of carbonyl (C=O) groups excluding carboxylic acids is 1. The number of carbonyl (C=O) groups is 1. The molecule has 1 amide bonds. The van der Waals surface area contributed by atoms with Crippen molar-refractivity contribution in [2.75, 3.05) is 26.8 Å². The van der Waals surface area contributed by atoms with E-state index in [-0.39, 0.29) is 19.1 Å². The van der Waals surface area contributed by atoms with Crippen molar-refractivity contribution in [3.63, 3.8) is 0 Å². The normalized spacial score (nSPS) is 21.7. The predicted octanol–water partition coefficient (Wildman–Crippen LogP) is 1.36. The Morgan fingerprint density at radius 3 is 2.73 bits per heavy atom. The summed E-state index contributed by atoms with van der Waals surface area (Å²) in [6.45, 7) is 0.622. The number of aryl methyl sites for hydroxylation is 1. The third-order valence-corrected chi connectivity index (χ3v) is 4.22. The number of nitrogens with zero attached hydrogens (tertiary/aromatic N) is 1. The number of piperidine rings is 1. The largest absolute Gasteiger partial charge is 0.497 e. The van der Waals surface area contributed by atoms with Crippen LogP contribution in [0.2, 0.25) is 0 Å². The molecule has 0 radical (unpaired) electrons. The zero-order valence-electron chi connectivity index (χ0n) is 13.1. The highest BCUT2D eigenvalue weighted by Crippen LogP contribution is 2.21. The molecule has 122 valence electrons. The van der Waals surface area contributed by atoms with Crippen LogP contribution in [-0.4, -0.2) is 53.4 Å². The van der Waals surface area contributed by atoms with Crippen molar-refractivity contribution >= 4 is 5.91 Å². The fourth-order valence-electron chi connectivity index (χ4n) is 2.85. The van der Waals surface area contributed by atoms with Crippen molar-refractivity contribution in [3.05, 3.63) is 29.8 Å². The lowest BCUT2D eigenvalue weighted by molar-refractivity contribution is -0.140. The number of hydrogen-bond acceptors (Lipinski definition) is 4. The summed E-state index contributed by atoms with van der Waals surface area (Å²) >= 11 is 0. The van der Waals surface area contributed by atoms with E-state index in [9.17, 15) is 15.0 Å². The van der Waals surface area contributed by atoms with E-state index in [0.29, 0.717) is 19.4 Å². The van der Waals surface area contributed by atoms with Gasteiger partial charge in [0.15, 0.2) is 0 Å². The molecule has 1 atom stereocenters. The Balaban J connectivity index is 1.77. The molecule has 1 aromatic rings. The lowest BCUT2D eigenvalue weighted by Gasteiger charge is -2.38. The molecule has 2 rings (SSSR count). The van der Waals surface area contributed by atoms with Crippen LogP contribution in [0.25, 0.3) is 0 Å². The van der Waals surface area contributed by atoms with E-state index < -0.39 is 5.60 Å². The molecular formula is C17H25NO4. The zero-order valence-corrected chi connectivity index (χ0v) is 13.1.